The highest BCUT2D eigenvalue weighted by Crippen LogP contribution is 2.30. The summed E-state index contributed by atoms with van der Waals surface area (Å²) in [6, 6.07) is 18.4. The smallest absolute Gasteiger partial charge is 0.118 e. The standard InChI is InChI=1S/C19H20N2O/c1-13-7-12-19(15-8-10-16(22-3)11-9-15)21(13)18-6-4-5-17(20)14(18)2/h4-12H,20H2,1-3H3. The van der Waals surface area contributed by atoms with Gasteiger partial charge in [-0.15, -0.1) is 0 Å². The lowest BCUT2D eigenvalue weighted by atomic mass is 10.1. The largest absolute Gasteiger partial charge is 0.497 e. The SMILES string of the molecule is COc1ccc(-c2ccc(C)n2-c2cccc(N)c2C)cc1. The van der Waals surface area contributed by atoms with E-state index in [1.165, 1.54) is 5.69 Å². The van der Waals surface area contributed by atoms with Crippen molar-refractivity contribution in [2.24, 2.45) is 0 Å². The molecule has 22 heavy (non-hydrogen) atoms. The Labute approximate surface area is 131 Å². The lowest BCUT2D eigenvalue weighted by Crippen LogP contribution is -2.03. The van der Waals surface area contributed by atoms with E-state index in [1.807, 2.05) is 24.3 Å². The fourth-order valence-corrected chi connectivity index (χ4v) is 2.73. The van der Waals surface area contributed by atoms with Crippen LogP contribution in [0.5, 0.6) is 5.75 Å². The van der Waals surface area contributed by atoms with Gasteiger partial charge in [-0.05, 0) is 73.5 Å². The van der Waals surface area contributed by atoms with Crippen molar-refractivity contribution >= 4 is 5.69 Å². The molecule has 0 spiro atoms. The molecule has 3 rings (SSSR count). The van der Waals surface area contributed by atoms with Gasteiger partial charge in [0.2, 0.25) is 0 Å². The second-order valence-corrected chi connectivity index (χ2v) is 5.42. The summed E-state index contributed by atoms with van der Waals surface area (Å²) in [5, 5.41) is 0. The number of rotatable bonds is 3. The number of aromatic nitrogens is 1. The number of nitrogens with two attached hydrogens (primary N) is 1. The molecule has 2 N–H and O–H groups in total. The van der Waals surface area contributed by atoms with Gasteiger partial charge < -0.3 is 15.0 Å². The molecule has 0 atom stereocenters. The Morgan fingerprint density at radius 2 is 1.64 bits per heavy atom. The monoisotopic (exact) mass is 292 g/mol. The Bertz CT molecular complexity index is 801. The minimum Gasteiger partial charge on any atom is -0.497 e. The summed E-state index contributed by atoms with van der Waals surface area (Å²) in [6.07, 6.45) is 0. The summed E-state index contributed by atoms with van der Waals surface area (Å²) in [6.45, 7) is 4.16. The van der Waals surface area contributed by atoms with E-state index in [0.717, 1.165) is 33.9 Å². The predicted octanol–water partition coefficient (Wildman–Crippen LogP) is 4.35. The van der Waals surface area contributed by atoms with Crippen molar-refractivity contribution in [1.82, 2.24) is 4.57 Å². The number of nitrogens with zero attached hydrogens (tertiary/aromatic N) is 1. The molecule has 0 bridgehead atoms. The average molecular weight is 292 g/mol. The number of hydrogen-bond donors (Lipinski definition) is 1. The first kappa shape index (κ1) is 14.3. The Hall–Kier alpha value is -2.68. The Balaban J connectivity index is 2.17. The highest BCUT2D eigenvalue weighted by Gasteiger charge is 2.12. The van der Waals surface area contributed by atoms with E-state index in [2.05, 4.69) is 48.7 Å². The highest BCUT2D eigenvalue weighted by atomic mass is 16.5. The molecule has 0 aliphatic rings. The topological polar surface area (TPSA) is 40.2 Å². The van der Waals surface area contributed by atoms with Crippen LogP contribution in [0.1, 0.15) is 11.3 Å². The van der Waals surface area contributed by atoms with Crippen LogP contribution in [0.2, 0.25) is 0 Å². The summed E-state index contributed by atoms with van der Waals surface area (Å²) in [4.78, 5) is 0. The van der Waals surface area contributed by atoms with Crippen LogP contribution in [0.25, 0.3) is 16.9 Å². The Morgan fingerprint density at radius 3 is 2.32 bits per heavy atom. The zero-order valence-electron chi connectivity index (χ0n) is 13.1. The Kier molecular flexibility index (Phi) is 3.63. The number of hydrogen-bond acceptors (Lipinski definition) is 2. The van der Waals surface area contributed by atoms with E-state index in [0.29, 0.717) is 0 Å². The summed E-state index contributed by atoms with van der Waals surface area (Å²) in [7, 11) is 1.68. The molecule has 0 aliphatic heterocycles. The maximum Gasteiger partial charge on any atom is 0.118 e. The number of ether oxygens (including phenoxy) is 1. The molecular weight excluding hydrogens is 272 g/mol. The van der Waals surface area contributed by atoms with Gasteiger partial charge >= 0.3 is 0 Å². The number of nitrogen functional groups attached to an aromatic ring is 1. The number of aryl methyl sites for hydroxylation is 1. The first-order valence-electron chi connectivity index (χ1n) is 7.30. The van der Waals surface area contributed by atoms with Crippen molar-refractivity contribution in [3.63, 3.8) is 0 Å². The second kappa shape index (κ2) is 5.60. The number of methoxy groups -OCH3 is 1. The maximum absolute atomic E-state index is 6.07. The second-order valence-electron chi connectivity index (χ2n) is 5.42. The molecule has 0 radical (unpaired) electrons. The van der Waals surface area contributed by atoms with Crippen LogP contribution in [-0.4, -0.2) is 11.7 Å². The summed E-state index contributed by atoms with van der Waals surface area (Å²) in [5.74, 6) is 0.860. The van der Waals surface area contributed by atoms with E-state index in [-0.39, 0.29) is 0 Å². The molecule has 0 aliphatic carbocycles. The molecule has 0 fully saturated rings. The van der Waals surface area contributed by atoms with E-state index < -0.39 is 0 Å². The van der Waals surface area contributed by atoms with Crippen molar-refractivity contribution in [3.8, 4) is 22.7 Å². The van der Waals surface area contributed by atoms with Crippen molar-refractivity contribution in [1.29, 1.82) is 0 Å². The molecule has 2 aromatic carbocycles. The van der Waals surface area contributed by atoms with Crippen molar-refractivity contribution < 1.29 is 4.74 Å². The molecule has 3 aromatic rings. The first-order chi connectivity index (χ1) is 10.6. The molecule has 0 unspecified atom stereocenters. The van der Waals surface area contributed by atoms with Crippen LogP contribution in [0, 0.1) is 13.8 Å². The highest BCUT2D eigenvalue weighted by molar-refractivity contribution is 5.67. The predicted molar refractivity (Wildman–Crippen MR) is 91.6 cm³/mol. The van der Waals surface area contributed by atoms with Gasteiger partial charge in [0.15, 0.2) is 0 Å². The van der Waals surface area contributed by atoms with Gasteiger partial charge in [0.05, 0.1) is 18.5 Å². The lowest BCUT2D eigenvalue weighted by molar-refractivity contribution is 0.415. The number of benzene rings is 2. The molecule has 112 valence electrons. The molecule has 3 nitrogen and oxygen atoms in total. The molecule has 1 aromatic heterocycles. The fraction of sp³-hybridized carbons (Fsp3) is 0.158. The van der Waals surface area contributed by atoms with Crippen molar-refractivity contribution in [2.75, 3.05) is 12.8 Å². The van der Waals surface area contributed by atoms with Crippen LogP contribution < -0.4 is 10.5 Å². The maximum atomic E-state index is 6.07. The molecule has 0 saturated heterocycles. The van der Waals surface area contributed by atoms with Crippen LogP contribution in [0.3, 0.4) is 0 Å². The van der Waals surface area contributed by atoms with Gasteiger partial charge in [0.1, 0.15) is 5.75 Å². The lowest BCUT2D eigenvalue weighted by Gasteiger charge is -2.16. The minimum absolute atomic E-state index is 0.811. The van der Waals surface area contributed by atoms with Crippen LogP contribution in [0.15, 0.2) is 54.6 Å². The third kappa shape index (κ3) is 2.35. The van der Waals surface area contributed by atoms with Gasteiger partial charge in [-0.2, -0.15) is 0 Å². The summed E-state index contributed by atoms with van der Waals surface area (Å²) in [5.41, 5.74) is 12.6. The van der Waals surface area contributed by atoms with E-state index >= 15 is 0 Å². The first-order valence-corrected chi connectivity index (χ1v) is 7.30. The van der Waals surface area contributed by atoms with Gasteiger partial charge in [0, 0.05) is 11.4 Å². The normalized spacial score (nSPS) is 10.7. The van der Waals surface area contributed by atoms with E-state index in [9.17, 15) is 0 Å². The third-order valence-electron chi connectivity index (χ3n) is 4.05. The molecular formula is C19H20N2O. The van der Waals surface area contributed by atoms with Crippen LogP contribution >= 0.6 is 0 Å². The van der Waals surface area contributed by atoms with E-state index in [1.54, 1.807) is 7.11 Å². The molecule has 3 heteroatoms. The molecule has 0 saturated carbocycles. The zero-order valence-corrected chi connectivity index (χ0v) is 13.1. The van der Waals surface area contributed by atoms with Gasteiger partial charge in [-0.3, -0.25) is 0 Å². The Morgan fingerprint density at radius 1 is 0.909 bits per heavy atom. The number of anilines is 1. The zero-order chi connectivity index (χ0) is 15.7. The van der Waals surface area contributed by atoms with Gasteiger partial charge in [0.25, 0.3) is 0 Å². The minimum atomic E-state index is 0.811. The van der Waals surface area contributed by atoms with Crippen LogP contribution in [0.4, 0.5) is 5.69 Å². The molecule has 0 amide bonds. The third-order valence-corrected chi connectivity index (χ3v) is 4.05. The van der Waals surface area contributed by atoms with Crippen molar-refractivity contribution in [2.45, 2.75) is 13.8 Å². The summed E-state index contributed by atoms with van der Waals surface area (Å²) < 4.78 is 7.48. The van der Waals surface area contributed by atoms with E-state index in [4.69, 9.17) is 10.5 Å². The fourth-order valence-electron chi connectivity index (χ4n) is 2.73. The van der Waals surface area contributed by atoms with Gasteiger partial charge in [-0.25, -0.2) is 0 Å². The molecule has 1 heterocycles. The summed E-state index contributed by atoms with van der Waals surface area (Å²) >= 11 is 0. The van der Waals surface area contributed by atoms with Crippen LogP contribution in [-0.2, 0) is 0 Å². The average Bonchev–Trinajstić information content (AvgIpc) is 2.92. The quantitative estimate of drug-likeness (QED) is 0.729. The van der Waals surface area contributed by atoms with Crippen molar-refractivity contribution in [3.05, 3.63) is 65.9 Å². The van der Waals surface area contributed by atoms with Gasteiger partial charge in [-0.1, -0.05) is 6.07 Å².